The summed E-state index contributed by atoms with van der Waals surface area (Å²) in [6.45, 7) is 1.66. The van der Waals surface area contributed by atoms with Gasteiger partial charge in [0.1, 0.15) is 6.61 Å². The van der Waals surface area contributed by atoms with Crippen molar-refractivity contribution < 1.29 is 18.3 Å². The SMILES string of the molecule is Cc1cccc(OCc2ccoc2C(=O)NN)c1F. The quantitative estimate of drug-likeness (QED) is 0.502. The normalized spacial score (nSPS) is 10.3. The van der Waals surface area contributed by atoms with Crippen LogP contribution < -0.4 is 16.0 Å². The van der Waals surface area contributed by atoms with Crippen molar-refractivity contribution in [1.82, 2.24) is 5.43 Å². The average molecular weight is 264 g/mol. The number of nitrogens with one attached hydrogen (secondary N) is 1. The van der Waals surface area contributed by atoms with Gasteiger partial charge in [-0.15, -0.1) is 0 Å². The van der Waals surface area contributed by atoms with Crippen LogP contribution in [0.2, 0.25) is 0 Å². The number of ether oxygens (including phenoxy) is 1. The molecule has 0 fully saturated rings. The molecule has 0 spiro atoms. The second-order valence-corrected chi connectivity index (χ2v) is 3.92. The number of amides is 1. The summed E-state index contributed by atoms with van der Waals surface area (Å²) in [5.74, 6) is 4.22. The number of furan rings is 1. The van der Waals surface area contributed by atoms with Gasteiger partial charge in [-0.1, -0.05) is 12.1 Å². The Morgan fingerprint density at radius 1 is 1.47 bits per heavy atom. The number of benzene rings is 1. The predicted molar refractivity (Wildman–Crippen MR) is 65.8 cm³/mol. The molecule has 0 aliphatic rings. The summed E-state index contributed by atoms with van der Waals surface area (Å²) >= 11 is 0. The second kappa shape index (κ2) is 5.53. The Kier molecular flexibility index (Phi) is 3.82. The maximum Gasteiger partial charge on any atom is 0.301 e. The van der Waals surface area contributed by atoms with E-state index >= 15 is 0 Å². The molecule has 1 aromatic heterocycles. The molecule has 0 radical (unpaired) electrons. The van der Waals surface area contributed by atoms with Crippen molar-refractivity contribution in [3.05, 3.63) is 53.2 Å². The van der Waals surface area contributed by atoms with Gasteiger partial charge in [-0.05, 0) is 24.6 Å². The molecule has 6 heteroatoms. The number of hydrazine groups is 1. The monoisotopic (exact) mass is 264 g/mol. The zero-order valence-corrected chi connectivity index (χ0v) is 10.3. The van der Waals surface area contributed by atoms with Crippen LogP contribution in [0.4, 0.5) is 4.39 Å². The molecule has 19 heavy (non-hydrogen) atoms. The minimum absolute atomic E-state index is 0.0135. The highest BCUT2D eigenvalue weighted by atomic mass is 19.1. The second-order valence-electron chi connectivity index (χ2n) is 3.92. The van der Waals surface area contributed by atoms with Crippen LogP contribution in [0, 0.1) is 12.7 Å². The van der Waals surface area contributed by atoms with E-state index in [1.807, 2.05) is 5.43 Å². The van der Waals surface area contributed by atoms with Crippen LogP contribution in [0.1, 0.15) is 21.7 Å². The summed E-state index contributed by atoms with van der Waals surface area (Å²) in [5, 5.41) is 0. The zero-order valence-electron chi connectivity index (χ0n) is 10.3. The van der Waals surface area contributed by atoms with Gasteiger partial charge in [-0.2, -0.15) is 0 Å². The van der Waals surface area contributed by atoms with E-state index in [2.05, 4.69) is 0 Å². The van der Waals surface area contributed by atoms with Crippen molar-refractivity contribution in [2.75, 3.05) is 0 Å². The lowest BCUT2D eigenvalue weighted by atomic mass is 10.2. The highest BCUT2D eigenvalue weighted by molar-refractivity contribution is 5.92. The Morgan fingerprint density at radius 2 is 2.26 bits per heavy atom. The summed E-state index contributed by atoms with van der Waals surface area (Å²) in [6, 6.07) is 6.42. The van der Waals surface area contributed by atoms with Crippen molar-refractivity contribution in [1.29, 1.82) is 0 Å². The number of carbonyl (C=O) groups excluding carboxylic acids is 1. The first-order valence-electron chi connectivity index (χ1n) is 5.58. The van der Waals surface area contributed by atoms with Gasteiger partial charge in [-0.25, -0.2) is 10.2 Å². The highest BCUT2D eigenvalue weighted by Gasteiger charge is 2.15. The number of carbonyl (C=O) groups is 1. The van der Waals surface area contributed by atoms with Gasteiger partial charge in [0.2, 0.25) is 0 Å². The minimum atomic E-state index is -0.562. The maximum atomic E-state index is 13.7. The van der Waals surface area contributed by atoms with Crippen molar-refractivity contribution in [2.24, 2.45) is 5.84 Å². The van der Waals surface area contributed by atoms with Gasteiger partial charge in [0.25, 0.3) is 0 Å². The molecule has 5 nitrogen and oxygen atoms in total. The number of nitrogen functional groups attached to an aromatic ring is 1. The van der Waals surface area contributed by atoms with Crippen LogP contribution in [0.25, 0.3) is 0 Å². The number of hydrogen-bond acceptors (Lipinski definition) is 4. The van der Waals surface area contributed by atoms with E-state index < -0.39 is 11.7 Å². The first kappa shape index (κ1) is 13.1. The van der Waals surface area contributed by atoms with Gasteiger partial charge >= 0.3 is 5.91 Å². The topological polar surface area (TPSA) is 77.5 Å². The van der Waals surface area contributed by atoms with E-state index in [1.165, 1.54) is 12.3 Å². The van der Waals surface area contributed by atoms with E-state index in [9.17, 15) is 9.18 Å². The largest absolute Gasteiger partial charge is 0.486 e. The molecule has 1 amide bonds. The third-order valence-corrected chi connectivity index (χ3v) is 2.62. The van der Waals surface area contributed by atoms with Gasteiger partial charge in [0.15, 0.2) is 17.3 Å². The van der Waals surface area contributed by atoms with Crippen LogP contribution >= 0.6 is 0 Å². The molecule has 100 valence electrons. The van der Waals surface area contributed by atoms with Crippen molar-refractivity contribution in [2.45, 2.75) is 13.5 Å². The summed E-state index contributed by atoms with van der Waals surface area (Å²) < 4.78 is 24.0. The van der Waals surface area contributed by atoms with Crippen LogP contribution in [-0.4, -0.2) is 5.91 Å². The molecule has 1 heterocycles. The molecule has 2 rings (SSSR count). The fourth-order valence-corrected chi connectivity index (χ4v) is 1.60. The lowest BCUT2D eigenvalue weighted by molar-refractivity contribution is 0.0922. The Balaban J connectivity index is 2.13. The smallest absolute Gasteiger partial charge is 0.301 e. The third kappa shape index (κ3) is 2.74. The van der Waals surface area contributed by atoms with Gasteiger partial charge in [-0.3, -0.25) is 10.2 Å². The molecular weight excluding hydrogens is 251 g/mol. The predicted octanol–water partition coefficient (Wildman–Crippen LogP) is 1.91. The van der Waals surface area contributed by atoms with E-state index in [1.54, 1.807) is 25.1 Å². The van der Waals surface area contributed by atoms with Crippen LogP contribution in [-0.2, 0) is 6.61 Å². The average Bonchev–Trinajstić information content (AvgIpc) is 2.88. The van der Waals surface area contributed by atoms with Crippen molar-refractivity contribution in [3.63, 3.8) is 0 Å². The third-order valence-electron chi connectivity index (χ3n) is 2.62. The van der Waals surface area contributed by atoms with Gasteiger partial charge in [0.05, 0.1) is 6.26 Å². The van der Waals surface area contributed by atoms with E-state index in [0.717, 1.165) is 0 Å². The molecule has 2 aromatic rings. The van der Waals surface area contributed by atoms with Gasteiger partial charge < -0.3 is 9.15 Å². The molecule has 0 aliphatic carbocycles. The summed E-state index contributed by atoms with van der Waals surface area (Å²) in [6.07, 6.45) is 1.34. The van der Waals surface area contributed by atoms with Crippen molar-refractivity contribution >= 4 is 5.91 Å². The molecule has 1 aromatic carbocycles. The number of hydrogen-bond donors (Lipinski definition) is 2. The molecule has 0 bridgehead atoms. The molecule has 0 atom stereocenters. The molecule has 0 saturated carbocycles. The fraction of sp³-hybridized carbons (Fsp3) is 0.154. The summed E-state index contributed by atoms with van der Waals surface area (Å²) in [5.41, 5.74) is 2.94. The van der Waals surface area contributed by atoms with Crippen LogP contribution in [0.5, 0.6) is 5.75 Å². The standard InChI is InChI=1S/C13H13FN2O3/c1-8-3-2-4-10(11(8)14)19-7-9-5-6-18-12(9)13(17)16-15/h2-6H,7,15H2,1H3,(H,16,17). The molecule has 3 N–H and O–H groups in total. The van der Waals surface area contributed by atoms with Gasteiger partial charge in [0, 0.05) is 5.56 Å². The van der Waals surface area contributed by atoms with E-state index in [0.29, 0.717) is 11.1 Å². The first-order chi connectivity index (χ1) is 9.13. The highest BCUT2D eigenvalue weighted by Crippen LogP contribution is 2.21. The number of nitrogens with two attached hydrogens (primary N) is 1. The Hall–Kier alpha value is -2.34. The lowest BCUT2D eigenvalue weighted by Gasteiger charge is -2.08. The molecule has 0 saturated heterocycles. The molecule has 0 aliphatic heterocycles. The maximum absolute atomic E-state index is 13.7. The molecule has 0 unspecified atom stereocenters. The Morgan fingerprint density at radius 3 is 3.00 bits per heavy atom. The van der Waals surface area contributed by atoms with E-state index in [-0.39, 0.29) is 18.1 Å². The van der Waals surface area contributed by atoms with Crippen LogP contribution in [0.3, 0.4) is 0 Å². The number of aryl methyl sites for hydroxylation is 1. The fourth-order valence-electron chi connectivity index (χ4n) is 1.60. The zero-order chi connectivity index (χ0) is 13.8. The summed E-state index contributed by atoms with van der Waals surface area (Å²) in [7, 11) is 0. The minimum Gasteiger partial charge on any atom is -0.486 e. The first-order valence-corrected chi connectivity index (χ1v) is 5.58. The van der Waals surface area contributed by atoms with E-state index in [4.69, 9.17) is 15.0 Å². The Labute approximate surface area is 109 Å². The summed E-state index contributed by atoms with van der Waals surface area (Å²) in [4.78, 5) is 11.4. The molecular formula is C13H13FN2O3. The van der Waals surface area contributed by atoms with Crippen molar-refractivity contribution in [3.8, 4) is 5.75 Å². The van der Waals surface area contributed by atoms with Crippen LogP contribution in [0.15, 0.2) is 34.9 Å². The lowest BCUT2D eigenvalue weighted by Crippen LogP contribution is -2.30. The Bertz CT molecular complexity index is 595. The number of rotatable bonds is 4. The number of halogens is 1.